The zero-order valence-corrected chi connectivity index (χ0v) is 14.2. The second-order valence-corrected chi connectivity index (χ2v) is 6.72. The van der Waals surface area contributed by atoms with Crippen LogP contribution in [0.25, 0.3) is 0 Å². The van der Waals surface area contributed by atoms with Gasteiger partial charge in [-0.1, -0.05) is 20.8 Å². The maximum atomic E-state index is 4.70. The van der Waals surface area contributed by atoms with Crippen LogP contribution >= 0.6 is 15.9 Å². The Morgan fingerprint density at radius 2 is 2.05 bits per heavy atom. The molecule has 0 N–H and O–H groups in total. The molecule has 19 heavy (non-hydrogen) atoms. The molecule has 1 aliphatic rings. The highest BCUT2D eigenvalue weighted by Crippen LogP contribution is 2.31. The summed E-state index contributed by atoms with van der Waals surface area (Å²) < 4.78 is 3.39. The molecule has 1 aliphatic carbocycles. The van der Waals surface area contributed by atoms with Crippen molar-refractivity contribution in [3.63, 3.8) is 0 Å². The van der Waals surface area contributed by atoms with Crippen LogP contribution in [0.1, 0.15) is 51.9 Å². The van der Waals surface area contributed by atoms with Crippen LogP contribution in [-0.2, 0) is 19.5 Å². The fourth-order valence-electron chi connectivity index (χ4n) is 2.61. The van der Waals surface area contributed by atoms with Gasteiger partial charge >= 0.3 is 0 Å². The molecular weight excluding hydrogens is 302 g/mol. The van der Waals surface area contributed by atoms with Gasteiger partial charge in [0.1, 0.15) is 0 Å². The van der Waals surface area contributed by atoms with Gasteiger partial charge in [-0.2, -0.15) is 5.10 Å². The number of halogens is 1. The van der Waals surface area contributed by atoms with Crippen molar-refractivity contribution in [1.82, 2.24) is 14.7 Å². The molecule has 1 aromatic rings. The minimum atomic E-state index is 0.725. The van der Waals surface area contributed by atoms with Crippen molar-refractivity contribution in [2.75, 3.05) is 6.54 Å². The summed E-state index contributed by atoms with van der Waals surface area (Å²) in [5, 5.41) is 4.70. The van der Waals surface area contributed by atoms with Crippen molar-refractivity contribution in [3.05, 3.63) is 15.9 Å². The van der Waals surface area contributed by atoms with Gasteiger partial charge in [0.05, 0.1) is 15.9 Å². The molecule has 1 heterocycles. The Morgan fingerprint density at radius 3 is 2.53 bits per heavy atom. The van der Waals surface area contributed by atoms with Crippen LogP contribution in [0, 0.1) is 5.92 Å². The molecule has 108 valence electrons. The second kappa shape index (κ2) is 6.40. The highest BCUT2D eigenvalue weighted by atomic mass is 79.9. The molecule has 1 aromatic heterocycles. The van der Waals surface area contributed by atoms with E-state index < -0.39 is 0 Å². The van der Waals surface area contributed by atoms with Gasteiger partial charge in [0, 0.05) is 25.7 Å². The van der Waals surface area contributed by atoms with Crippen molar-refractivity contribution in [3.8, 4) is 0 Å². The predicted octanol–water partition coefficient (Wildman–Crippen LogP) is 3.85. The molecule has 4 heteroatoms. The number of hydrogen-bond donors (Lipinski definition) is 0. The van der Waals surface area contributed by atoms with E-state index >= 15 is 0 Å². The summed E-state index contributed by atoms with van der Waals surface area (Å²) in [5.41, 5.74) is 2.55. The lowest BCUT2D eigenvalue weighted by molar-refractivity contribution is 0.219. The minimum absolute atomic E-state index is 0.725. The Bertz CT molecular complexity index is 421. The van der Waals surface area contributed by atoms with Crippen LogP contribution in [0.15, 0.2) is 4.47 Å². The summed E-state index contributed by atoms with van der Waals surface area (Å²) in [5.74, 6) is 0.725. The maximum Gasteiger partial charge on any atom is 0.0767 e. The minimum Gasteiger partial charge on any atom is -0.294 e. The second-order valence-electron chi connectivity index (χ2n) is 5.93. The van der Waals surface area contributed by atoms with Crippen LogP contribution in [0.3, 0.4) is 0 Å². The lowest BCUT2D eigenvalue weighted by Gasteiger charge is -2.24. The molecule has 0 aliphatic heterocycles. The largest absolute Gasteiger partial charge is 0.294 e. The number of aromatic nitrogens is 2. The fraction of sp³-hybridized carbons (Fsp3) is 0.800. The SMILES string of the molecule is CCc1nn(CC)c(CN(CC(C)C)C2CC2)c1Br. The van der Waals surface area contributed by atoms with Crippen molar-refractivity contribution in [1.29, 1.82) is 0 Å². The van der Waals surface area contributed by atoms with Gasteiger partial charge in [-0.3, -0.25) is 9.58 Å². The Morgan fingerprint density at radius 1 is 1.37 bits per heavy atom. The average molecular weight is 328 g/mol. The van der Waals surface area contributed by atoms with Gasteiger partial charge in [-0.25, -0.2) is 0 Å². The summed E-state index contributed by atoms with van der Waals surface area (Å²) in [6.07, 6.45) is 3.73. The lowest BCUT2D eigenvalue weighted by Crippen LogP contribution is -2.30. The summed E-state index contributed by atoms with van der Waals surface area (Å²) in [7, 11) is 0. The van der Waals surface area contributed by atoms with Gasteiger partial charge in [0.15, 0.2) is 0 Å². The van der Waals surface area contributed by atoms with Gasteiger partial charge in [-0.15, -0.1) is 0 Å². The fourth-order valence-corrected chi connectivity index (χ4v) is 3.30. The molecule has 0 radical (unpaired) electrons. The first-order valence-electron chi connectivity index (χ1n) is 7.54. The highest BCUT2D eigenvalue weighted by molar-refractivity contribution is 9.10. The molecule has 0 atom stereocenters. The van der Waals surface area contributed by atoms with Crippen molar-refractivity contribution in [2.24, 2.45) is 5.92 Å². The molecule has 1 fully saturated rings. The smallest absolute Gasteiger partial charge is 0.0767 e. The standard InChI is InChI=1S/C15H26BrN3/c1-5-13-15(16)14(19(6-2)17-13)10-18(9-11(3)4)12-7-8-12/h11-12H,5-10H2,1-4H3. The van der Waals surface area contributed by atoms with Gasteiger partial charge < -0.3 is 0 Å². The maximum absolute atomic E-state index is 4.70. The molecule has 0 unspecified atom stereocenters. The van der Waals surface area contributed by atoms with Gasteiger partial charge in [-0.05, 0) is 48.0 Å². The van der Waals surface area contributed by atoms with Crippen LogP contribution < -0.4 is 0 Å². The van der Waals surface area contributed by atoms with Gasteiger partial charge in [0.25, 0.3) is 0 Å². The Kier molecular flexibility index (Phi) is 5.07. The summed E-state index contributed by atoms with van der Waals surface area (Å²) in [4.78, 5) is 2.64. The quantitative estimate of drug-likeness (QED) is 0.758. The van der Waals surface area contributed by atoms with E-state index in [0.717, 1.165) is 31.5 Å². The third-order valence-corrected chi connectivity index (χ3v) is 4.63. The normalized spacial score (nSPS) is 15.7. The number of aryl methyl sites for hydroxylation is 2. The van der Waals surface area contributed by atoms with Crippen LogP contribution in [-0.4, -0.2) is 27.3 Å². The first kappa shape index (κ1) is 15.0. The molecule has 2 rings (SSSR count). The topological polar surface area (TPSA) is 21.1 Å². The Hall–Kier alpha value is -0.350. The van der Waals surface area contributed by atoms with Crippen LogP contribution in [0.4, 0.5) is 0 Å². The molecule has 0 saturated heterocycles. The highest BCUT2D eigenvalue weighted by Gasteiger charge is 2.30. The van der Waals surface area contributed by atoms with Crippen molar-refractivity contribution < 1.29 is 0 Å². The van der Waals surface area contributed by atoms with Crippen LogP contribution in [0.5, 0.6) is 0 Å². The van der Waals surface area contributed by atoms with E-state index in [4.69, 9.17) is 5.10 Å². The number of hydrogen-bond acceptors (Lipinski definition) is 2. The monoisotopic (exact) mass is 327 g/mol. The van der Waals surface area contributed by atoms with E-state index in [1.54, 1.807) is 0 Å². The van der Waals surface area contributed by atoms with Crippen molar-refractivity contribution in [2.45, 2.75) is 66.1 Å². The van der Waals surface area contributed by atoms with E-state index in [2.05, 4.69) is 53.2 Å². The van der Waals surface area contributed by atoms with E-state index in [1.807, 2.05) is 0 Å². The third kappa shape index (κ3) is 3.60. The zero-order chi connectivity index (χ0) is 14.0. The van der Waals surface area contributed by atoms with Gasteiger partial charge in [0.2, 0.25) is 0 Å². The molecule has 3 nitrogen and oxygen atoms in total. The molecule has 0 spiro atoms. The zero-order valence-electron chi connectivity index (χ0n) is 12.6. The Balaban J connectivity index is 2.17. The summed E-state index contributed by atoms with van der Waals surface area (Å²) in [6, 6.07) is 0.805. The Labute approximate surface area is 125 Å². The van der Waals surface area contributed by atoms with E-state index in [1.165, 1.54) is 35.2 Å². The summed E-state index contributed by atoms with van der Waals surface area (Å²) >= 11 is 3.76. The summed E-state index contributed by atoms with van der Waals surface area (Å²) in [6.45, 7) is 12.1. The first-order valence-corrected chi connectivity index (χ1v) is 8.34. The predicted molar refractivity (Wildman–Crippen MR) is 83.2 cm³/mol. The first-order chi connectivity index (χ1) is 9.06. The third-order valence-electron chi connectivity index (χ3n) is 3.71. The van der Waals surface area contributed by atoms with E-state index in [0.29, 0.717) is 0 Å². The number of rotatable bonds is 7. The molecule has 0 amide bonds. The number of nitrogens with zero attached hydrogens (tertiary/aromatic N) is 3. The van der Waals surface area contributed by atoms with E-state index in [-0.39, 0.29) is 0 Å². The molecule has 0 bridgehead atoms. The van der Waals surface area contributed by atoms with Crippen LogP contribution in [0.2, 0.25) is 0 Å². The van der Waals surface area contributed by atoms with E-state index in [9.17, 15) is 0 Å². The lowest BCUT2D eigenvalue weighted by atomic mass is 10.2. The molecular formula is C15H26BrN3. The molecule has 0 aromatic carbocycles. The average Bonchev–Trinajstić information content (AvgIpc) is 3.16. The van der Waals surface area contributed by atoms with Crippen molar-refractivity contribution >= 4 is 15.9 Å². The molecule has 1 saturated carbocycles.